The highest BCUT2D eigenvalue weighted by Gasteiger charge is 2.36. The van der Waals surface area contributed by atoms with Gasteiger partial charge in [-0.25, -0.2) is 0 Å². The Bertz CT molecular complexity index is 220. The Kier molecular flexibility index (Phi) is 5.19. The average Bonchev–Trinajstić information content (AvgIpc) is 2.98. The van der Waals surface area contributed by atoms with Gasteiger partial charge in [-0.05, 0) is 44.0 Å². The number of nitrogens with one attached hydrogen (secondary N) is 1. The first kappa shape index (κ1) is 13.7. The molecule has 0 bridgehead atoms. The molecule has 0 aromatic carbocycles. The Morgan fingerprint density at radius 1 is 1.35 bits per heavy atom. The summed E-state index contributed by atoms with van der Waals surface area (Å²) in [4.78, 5) is 2.66. The first-order chi connectivity index (χ1) is 8.26. The van der Waals surface area contributed by atoms with E-state index < -0.39 is 0 Å². The Hall–Kier alpha value is 0.270. The minimum Gasteiger partial charge on any atom is -0.316 e. The molecule has 1 N–H and O–H groups in total. The van der Waals surface area contributed by atoms with E-state index in [9.17, 15) is 0 Å². The van der Waals surface area contributed by atoms with E-state index in [1.807, 2.05) is 0 Å². The minimum atomic E-state index is 0.581. The monoisotopic (exact) mass is 256 g/mol. The van der Waals surface area contributed by atoms with Crippen LogP contribution in [0.2, 0.25) is 0 Å². The van der Waals surface area contributed by atoms with Crippen LogP contribution < -0.4 is 5.32 Å². The molecule has 2 rings (SSSR count). The van der Waals surface area contributed by atoms with Crippen LogP contribution in [0.5, 0.6) is 0 Å². The van der Waals surface area contributed by atoms with Crippen LogP contribution in [0, 0.1) is 5.41 Å². The second kappa shape index (κ2) is 6.44. The lowest BCUT2D eigenvalue weighted by Crippen LogP contribution is -2.44. The molecule has 1 saturated carbocycles. The van der Waals surface area contributed by atoms with Crippen LogP contribution in [0.25, 0.3) is 0 Å². The first-order valence-electron chi connectivity index (χ1n) is 7.24. The first-order valence-corrected chi connectivity index (χ1v) is 8.40. The van der Waals surface area contributed by atoms with E-state index in [1.165, 1.54) is 56.7 Å². The van der Waals surface area contributed by atoms with Crippen molar-refractivity contribution in [3.8, 4) is 0 Å². The van der Waals surface area contributed by atoms with Gasteiger partial charge in [0.2, 0.25) is 0 Å². The van der Waals surface area contributed by atoms with E-state index in [-0.39, 0.29) is 0 Å². The largest absolute Gasteiger partial charge is 0.316 e. The Labute approximate surface area is 111 Å². The van der Waals surface area contributed by atoms with Crippen molar-refractivity contribution in [3.05, 3.63) is 0 Å². The van der Waals surface area contributed by atoms with Gasteiger partial charge in [0.1, 0.15) is 0 Å². The van der Waals surface area contributed by atoms with E-state index in [2.05, 4.69) is 35.9 Å². The van der Waals surface area contributed by atoms with Gasteiger partial charge >= 0.3 is 0 Å². The van der Waals surface area contributed by atoms with Crippen molar-refractivity contribution in [1.29, 1.82) is 0 Å². The molecule has 2 nitrogen and oxygen atoms in total. The fourth-order valence-corrected chi connectivity index (χ4v) is 4.73. The zero-order valence-corrected chi connectivity index (χ0v) is 12.3. The Balaban J connectivity index is 1.87. The van der Waals surface area contributed by atoms with Gasteiger partial charge in [-0.1, -0.05) is 19.8 Å². The lowest BCUT2D eigenvalue weighted by Gasteiger charge is -2.36. The maximum Gasteiger partial charge on any atom is 0.0191 e. The van der Waals surface area contributed by atoms with Crippen LogP contribution in [0.3, 0.4) is 0 Å². The summed E-state index contributed by atoms with van der Waals surface area (Å²) in [7, 11) is 2.35. The van der Waals surface area contributed by atoms with Crippen molar-refractivity contribution in [2.45, 2.75) is 45.1 Å². The van der Waals surface area contributed by atoms with Crippen molar-refractivity contribution in [3.63, 3.8) is 0 Å². The van der Waals surface area contributed by atoms with Crippen LogP contribution in [0.15, 0.2) is 0 Å². The number of hydrogen-bond donors (Lipinski definition) is 1. The second-order valence-corrected chi connectivity index (χ2v) is 7.07. The molecule has 1 saturated heterocycles. The highest BCUT2D eigenvalue weighted by Crippen LogP contribution is 2.39. The number of thioether (sulfide) groups is 1. The molecule has 2 fully saturated rings. The summed E-state index contributed by atoms with van der Waals surface area (Å²) in [6.07, 6.45) is 7.16. The summed E-state index contributed by atoms with van der Waals surface area (Å²) >= 11 is 2.13. The third-order valence-corrected chi connectivity index (χ3v) is 5.67. The Morgan fingerprint density at radius 3 is 2.71 bits per heavy atom. The van der Waals surface area contributed by atoms with Crippen molar-refractivity contribution < 1.29 is 0 Å². The summed E-state index contributed by atoms with van der Waals surface area (Å²) in [5.41, 5.74) is 0.581. The fraction of sp³-hybridized carbons (Fsp3) is 1.00. The number of rotatable bonds is 6. The minimum absolute atomic E-state index is 0.581. The highest BCUT2D eigenvalue weighted by atomic mass is 32.2. The molecule has 3 heteroatoms. The van der Waals surface area contributed by atoms with Crippen molar-refractivity contribution in [1.82, 2.24) is 10.2 Å². The molecule has 1 aliphatic carbocycles. The molecule has 0 amide bonds. The molecule has 0 radical (unpaired) electrons. The molecule has 1 atom stereocenters. The van der Waals surface area contributed by atoms with E-state index in [1.54, 1.807) is 0 Å². The van der Waals surface area contributed by atoms with Gasteiger partial charge in [0.25, 0.3) is 0 Å². The van der Waals surface area contributed by atoms with Gasteiger partial charge in [-0.2, -0.15) is 11.8 Å². The standard InChI is InChI=1S/C14H28N2S/c1-3-15-11-14(7-4-5-8-14)12-16(2)13-6-9-17-10-13/h13,15H,3-12H2,1-2H3. The molecule has 17 heavy (non-hydrogen) atoms. The smallest absolute Gasteiger partial charge is 0.0191 e. The predicted molar refractivity (Wildman–Crippen MR) is 77.8 cm³/mol. The lowest BCUT2D eigenvalue weighted by atomic mass is 9.85. The molecule has 0 aromatic heterocycles. The van der Waals surface area contributed by atoms with Crippen molar-refractivity contribution in [2.24, 2.45) is 5.41 Å². The summed E-state index contributed by atoms with van der Waals surface area (Å²) in [6.45, 7) is 5.88. The molecule has 0 spiro atoms. The van der Waals surface area contributed by atoms with Gasteiger partial charge in [-0.3, -0.25) is 0 Å². The van der Waals surface area contributed by atoms with Crippen LogP contribution in [-0.4, -0.2) is 49.1 Å². The molecule has 1 heterocycles. The van der Waals surface area contributed by atoms with E-state index in [0.29, 0.717) is 5.41 Å². The quantitative estimate of drug-likeness (QED) is 0.786. The van der Waals surface area contributed by atoms with E-state index >= 15 is 0 Å². The average molecular weight is 256 g/mol. The SMILES string of the molecule is CCNCC1(CN(C)C2CCSC2)CCCC1. The molecular weight excluding hydrogens is 228 g/mol. The summed E-state index contributed by atoms with van der Waals surface area (Å²) in [6, 6.07) is 0.846. The zero-order chi connectivity index (χ0) is 12.1. The van der Waals surface area contributed by atoms with Crippen molar-refractivity contribution >= 4 is 11.8 Å². The molecular formula is C14H28N2S. The summed E-state index contributed by atoms with van der Waals surface area (Å²) < 4.78 is 0. The summed E-state index contributed by atoms with van der Waals surface area (Å²) in [5.74, 6) is 2.73. The third kappa shape index (κ3) is 3.62. The van der Waals surface area contributed by atoms with Gasteiger partial charge < -0.3 is 10.2 Å². The lowest BCUT2D eigenvalue weighted by molar-refractivity contribution is 0.144. The van der Waals surface area contributed by atoms with Crippen LogP contribution in [0.4, 0.5) is 0 Å². The predicted octanol–water partition coefficient (Wildman–Crippen LogP) is 2.59. The number of hydrogen-bond acceptors (Lipinski definition) is 3. The number of nitrogens with zero attached hydrogens (tertiary/aromatic N) is 1. The van der Waals surface area contributed by atoms with Crippen LogP contribution in [-0.2, 0) is 0 Å². The molecule has 2 aliphatic rings. The summed E-state index contributed by atoms with van der Waals surface area (Å²) in [5, 5.41) is 3.60. The molecule has 1 aliphatic heterocycles. The van der Waals surface area contributed by atoms with Crippen LogP contribution >= 0.6 is 11.8 Å². The second-order valence-electron chi connectivity index (χ2n) is 5.92. The van der Waals surface area contributed by atoms with Crippen LogP contribution in [0.1, 0.15) is 39.0 Å². The topological polar surface area (TPSA) is 15.3 Å². The zero-order valence-electron chi connectivity index (χ0n) is 11.5. The molecule has 100 valence electrons. The Morgan fingerprint density at radius 2 is 2.12 bits per heavy atom. The van der Waals surface area contributed by atoms with Gasteiger partial charge in [0, 0.05) is 24.9 Å². The van der Waals surface area contributed by atoms with Gasteiger partial charge in [0.15, 0.2) is 0 Å². The molecule has 0 aromatic rings. The van der Waals surface area contributed by atoms with E-state index in [4.69, 9.17) is 0 Å². The maximum absolute atomic E-state index is 3.60. The van der Waals surface area contributed by atoms with Crippen molar-refractivity contribution in [2.75, 3.05) is 38.2 Å². The maximum atomic E-state index is 3.60. The van der Waals surface area contributed by atoms with Gasteiger partial charge in [0.05, 0.1) is 0 Å². The van der Waals surface area contributed by atoms with E-state index in [0.717, 1.165) is 12.6 Å². The fourth-order valence-electron chi connectivity index (χ4n) is 3.43. The highest BCUT2D eigenvalue weighted by molar-refractivity contribution is 7.99. The third-order valence-electron chi connectivity index (χ3n) is 4.53. The van der Waals surface area contributed by atoms with Gasteiger partial charge in [-0.15, -0.1) is 0 Å². The molecule has 1 unspecified atom stereocenters. The normalized spacial score (nSPS) is 28.1.